The van der Waals surface area contributed by atoms with E-state index in [9.17, 15) is 0 Å². The van der Waals surface area contributed by atoms with Gasteiger partial charge in [-0.15, -0.1) is 0 Å². The van der Waals surface area contributed by atoms with Gasteiger partial charge in [-0.05, 0) is 52.0 Å². The highest BCUT2D eigenvalue weighted by Gasteiger charge is 2.21. The zero-order valence-electron chi connectivity index (χ0n) is 12.1. The van der Waals surface area contributed by atoms with Crippen LogP contribution < -0.4 is 5.32 Å². The fraction of sp³-hybridized carbons (Fsp3) is 0.800. The number of hydrogen-bond acceptors (Lipinski definition) is 3. The number of nitrogens with one attached hydrogen (secondary N) is 1. The largest absolute Gasteiger partial charge is 0.361 e. The van der Waals surface area contributed by atoms with E-state index in [4.69, 9.17) is 4.52 Å². The van der Waals surface area contributed by atoms with Crippen molar-refractivity contribution in [2.24, 2.45) is 11.8 Å². The first-order chi connectivity index (χ1) is 8.58. The predicted molar refractivity (Wildman–Crippen MR) is 73.5 cm³/mol. The van der Waals surface area contributed by atoms with Gasteiger partial charge in [0.1, 0.15) is 5.76 Å². The summed E-state index contributed by atoms with van der Waals surface area (Å²) in [5.41, 5.74) is 2.25. The fourth-order valence-corrected chi connectivity index (χ4v) is 3.30. The monoisotopic (exact) mass is 250 g/mol. The van der Waals surface area contributed by atoms with Crippen LogP contribution in [-0.2, 0) is 0 Å². The van der Waals surface area contributed by atoms with Gasteiger partial charge in [-0.25, -0.2) is 0 Å². The molecule has 0 aromatic carbocycles. The third-order valence-electron chi connectivity index (χ3n) is 4.28. The molecule has 1 fully saturated rings. The van der Waals surface area contributed by atoms with Gasteiger partial charge < -0.3 is 9.84 Å². The van der Waals surface area contributed by atoms with Gasteiger partial charge in [-0.3, -0.25) is 0 Å². The van der Waals surface area contributed by atoms with Gasteiger partial charge in [0, 0.05) is 11.6 Å². The van der Waals surface area contributed by atoms with Crippen LogP contribution in [0.25, 0.3) is 0 Å². The molecule has 1 aromatic heterocycles. The first-order valence-electron chi connectivity index (χ1n) is 7.24. The third-order valence-corrected chi connectivity index (χ3v) is 4.28. The number of rotatable bonds is 4. The maximum atomic E-state index is 5.24. The Morgan fingerprint density at radius 1 is 1.39 bits per heavy atom. The summed E-state index contributed by atoms with van der Waals surface area (Å²) in [6.07, 6.45) is 5.57. The van der Waals surface area contributed by atoms with E-state index in [1.807, 2.05) is 13.8 Å². The zero-order valence-corrected chi connectivity index (χ0v) is 12.1. The number of aryl methyl sites for hydroxylation is 2. The summed E-state index contributed by atoms with van der Waals surface area (Å²) in [6, 6.07) is 0.341. The lowest BCUT2D eigenvalue weighted by atomic mass is 9.82. The smallest absolute Gasteiger partial charge is 0.138 e. The standard InChI is InChI=1S/C15H26N2O/c1-10-6-5-7-14(8-10)9-16-11(2)15-12(3)17-18-13(15)4/h10-11,14,16H,5-9H2,1-4H3. The first-order valence-corrected chi connectivity index (χ1v) is 7.24. The lowest BCUT2D eigenvalue weighted by Crippen LogP contribution is -2.29. The molecule has 0 aliphatic heterocycles. The van der Waals surface area contributed by atoms with Crippen LogP contribution >= 0.6 is 0 Å². The Morgan fingerprint density at radius 3 is 2.78 bits per heavy atom. The Kier molecular flexibility index (Phi) is 4.44. The molecule has 3 heteroatoms. The molecule has 3 atom stereocenters. The molecule has 18 heavy (non-hydrogen) atoms. The Labute approximate surface area is 110 Å². The van der Waals surface area contributed by atoms with E-state index >= 15 is 0 Å². The molecule has 1 heterocycles. The summed E-state index contributed by atoms with van der Waals surface area (Å²) in [5.74, 6) is 2.70. The molecule has 0 saturated heterocycles. The molecule has 0 radical (unpaired) electrons. The van der Waals surface area contributed by atoms with Crippen LogP contribution in [0, 0.1) is 25.7 Å². The zero-order chi connectivity index (χ0) is 13.1. The van der Waals surface area contributed by atoms with Crippen LogP contribution in [-0.4, -0.2) is 11.7 Å². The van der Waals surface area contributed by atoms with Gasteiger partial charge in [0.2, 0.25) is 0 Å². The van der Waals surface area contributed by atoms with Crippen molar-refractivity contribution in [2.45, 2.75) is 59.4 Å². The van der Waals surface area contributed by atoms with Crippen molar-refractivity contribution >= 4 is 0 Å². The number of aromatic nitrogens is 1. The molecule has 3 nitrogen and oxygen atoms in total. The summed E-state index contributed by atoms with van der Waals surface area (Å²) >= 11 is 0. The molecule has 0 amide bonds. The van der Waals surface area contributed by atoms with Gasteiger partial charge in [0.25, 0.3) is 0 Å². The van der Waals surface area contributed by atoms with E-state index in [-0.39, 0.29) is 0 Å². The van der Waals surface area contributed by atoms with Crippen molar-refractivity contribution in [1.29, 1.82) is 0 Å². The maximum absolute atomic E-state index is 5.24. The highest BCUT2D eigenvalue weighted by atomic mass is 16.5. The van der Waals surface area contributed by atoms with Crippen molar-refractivity contribution in [2.75, 3.05) is 6.54 Å². The Balaban J connectivity index is 1.86. The highest BCUT2D eigenvalue weighted by molar-refractivity contribution is 5.24. The van der Waals surface area contributed by atoms with E-state index in [1.54, 1.807) is 0 Å². The third kappa shape index (κ3) is 3.14. The Morgan fingerprint density at radius 2 is 2.17 bits per heavy atom. The lowest BCUT2D eigenvalue weighted by Gasteiger charge is -2.28. The van der Waals surface area contributed by atoms with Crippen molar-refractivity contribution in [1.82, 2.24) is 10.5 Å². The molecular formula is C15H26N2O. The summed E-state index contributed by atoms with van der Waals surface area (Å²) < 4.78 is 5.24. The first kappa shape index (κ1) is 13.6. The summed E-state index contributed by atoms with van der Waals surface area (Å²) in [7, 11) is 0. The van der Waals surface area contributed by atoms with Gasteiger partial charge in [-0.2, -0.15) is 0 Å². The number of hydrogen-bond donors (Lipinski definition) is 1. The van der Waals surface area contributed by atoms with Crippen LogP contribution in [0.4, 0.5) is 0 Å². The molecule has 1 aliphatic carbocycles. The van der Waals surface area contributed by atoms with Crippen molar-refractivity contribution < 1.29 is 4.52 Å². The lowest BCUT2D eigenvalue weighted by molar-refractivity contribution is 0.268. The average molecular weight is 250 g/mol. The molecule has 0 bridgehead atoms. The molecule has 3 unspecified atom stereocenters. The van der Waals surface area contributed by atoms with Crippen LogP contribution in [0.2, 0.25) is 0 Å². The van der Waals surface area contributed by atoms with E-state index in [0.29, 0.717) is 6.04 Å². The van der Waals surface area contributed by atoms with E-state index < -0.39 is 0 Å². The van der Waals surface area contributed by atoms with Crippen molar-refractivity contribution in [3.8, 4) is 0 Å². The van der Waals surface area contributed by atoms with E-state index in [0.717, 1.165) is 29.8 Å². The molecule has 1 saturated carbocycles. The van der Waals surface area contributed by atoms with Crippen molar-refractivity contribution in [3.63, 3.8) is 0 Å². The maximum Gasteiger partial charge on any atom is 0.138 e. The average Bonchev–Trinajstić information content (AvgIpc) is 2.66. The van der Waals surface area contributed by atoms with Crippen LogP contribution in [0.1, 0.15) is 62.6 Å². The molecule has 1 aromatic rings. The van der Waals surface area contributed by atoms with Gasteiger partial charge in [-0.1, -0.05) is 24.9 Å². The second-order valence-electron chi connectivity index (χ2n) is 6.01. The Bertz CT molecular complexity index is 366. The van der Waals surface area contributed by atoms with Crippen molar-refractivity contribution in [3.05, 3.63) is 17.0 Å². The van der Waals surface area contributed by atoms with E-state index in [2.05, 4.69) is 24.3 Å². The fourth-order valence-electron chi connectivity index (χ4n) is 3.30. The van der Waals surface area contributed by atoms with E-state index in [1.165, 1.54) is 31.2 Å². The Hall–Kier alpha value is -0.830. The molecule has 2 rings (SSSR count). The van der Waals surface area contributed by atoms with Gasteiger partial charge in [0.15, 0.2) is 0 Å². The minimum atomic E-state index is 0.341. The van der Waals surface area contributed by atoms with Crippen LogP contribution in [0.5, 0.6) is 0 Å². The predicted octanol–water partition coefficient (Wildman–Crippen LogP) is 3.77. The normalized spacial score (nSPS) is 26.2. The van der Waals surface area contributed by atoms with Gasteiger partial charge in [0.05, 0.1) is 5.69 Å². The molecule has 1 N–H and O–H groups in total. The summed E-state index contributed by atoms with van der Waals surface area (Å²) in [5, 5.41) is 7.69. The van der Waals surface area contributed by atoms with Crippen LogP contribution in [0.15, 0.2) is 4.52 Å². The molecule has 102 valence electrons. The van der Waals surface area contributed by atoms with Gasteiger partial charge >= 0.3 is 0 Å². The topological polar surface area (TPSA) is 38.1 Å². The second kappa shape index (κ2) is 5.87. The number of nitrogens with zero attached hydrogens (tertiary/aromatic N) is 1. The molecule has 1 aliphatic rings. The highest BCUT2D eigenvalue weighted by Crippen LogP contribution is 2.29. The quantitative estimate of drug-likeness (QED) is 0.884. The van der Waals surface area contributed by atoms with Crippen LogP contribution in [0.3, 0.4) is 0 Å². The SMILES string of the molecule is Cc1noc(C)c1C(C)NCC1CCCC(C)C1. The minimum absolute atomic E-state index is 0.341. The summed E-state index contributed by atoms with van der Waals surface area (Å²) in [4.78, 5) is 0. The second-order valence-corrected chi connectivity index (χ2v) is 6.01. The molecular weight excluding hydrogens is 224 g/mol. The minimum Gasteiger partial charge on any atom is -0.361 e. The molecule has 0 spiro atoms. The summed E-state index contributed by atoms with van der Waals surface area (Å²) in [6.45, 7) is 9.72.